The summed E-state index contributed by atoms with van der Waals surface area (Å²) in [6.07, 6.45) is 0.363. The summed E-state index contributed by atoms with van der Waals surface area (Å²) in [5, 5.41) is 9.11. The number of nitrogens with zero attached hydrogens (tertiary/aromatic N) is 2. The Bertz CT molecular complexity index is 505. The van der Waals surface area contributed by atoms with Gasteiger partial charge in [-0.2, -0.15) is 0 Å². The molecule has 0 saturated heterocycles. The molecule has 0 fully saturated rings. The fourth-order valence-electron chi connectivity index (χ4n) is 1.73. The predicted octanol–water partition coefficient (Wildman–Crippen LogP) is 2.55. The lowest BCUT2D eigenvalue weighted by Crippen LogP contribution is -2.39. The fourth-order valence-corrected chi connectivity index (χ4v) is 1.73. The highest BCUT2D eigenvalue weighted by Crippen LogP contribution is 2.03. The Balaban J connectivity index is 0.00000484. The number of pyridine rings is 1. The van der Waals surface area contributed by atoms with Gasteiger partial charge in [0.05, 0.1) is 0 Å². The smallest absolute Gasteiger partial charge is 0.227 e. The van der Waals surface area contributed by atoms with Crippen molar-refractivity contribution in [3.05, 3.63) is 23.9 Å². The average molecular weight is 433 g/mol. The largest absolute Gasteiger partial charge is 0.357 e. The van der Waals surface area contributed by atoms with E-state index in [1.54, 1.807) is 6.07 Å². The van der Waals surface area contributed by atoms with Crippen LogP contribution in [-0.2, 0) is 4.79 Å². The van der Waals surface area contributed by atoms with Gasteiger partial charge < -0.3 is 16.0 Å². The van der Waals surface area contributed by atoms with Crippen LogP contribution in [0.25, 0.3) is 0 Å². The van der Waals surface area contributed by atoms with E-state index in [4.69, 9.17) is 0 Å². The molecule has 0 aliphatic carbocycles. The first-order valence-corrected chi connectivity index (χ1v) is 7.77. The molecule has 1 heterocycles. The molecule has 0 bridgehead atoms. The molecular formula is C16H28IN5O. The first-order chi connectivity index (χ1) is 10.5. The van der Waals surface area contributed by atoms with Crippen molar-refractivity contribution in [1.29, 1.82) is 0 Å². The van der Waals surface area contributed by atoms with Gasteiger partial charge in [-0.25, -0.2) is 4.98 Å². The van der Waals surface area contributed by atoms with E-state index in [1.165, 1.54) is 0 Å². The third-order valence-electron chi connectivity index (χ3n) is 2.76. The number of amides is 1. The summed E-state index contributed by atoms with van der Waals surface area (Å²) in [6.45, 7) is 10.2. The van der Waals surface area contributed by atoms with Crippen molar-refractivity contribution in [1.82, 2.24) is 15.6 Å². The Morgan fingerprint density at radius 1 is 1.30 bits per heavy atom. The molecule has 0 aliphatic rings. The highest BCUT2D eigenvalue weighted by molar-refractivity contribution is 14.0. The van der Waals surface area contributed by atoms with Crippen molar-refractivity contribution in [3.63, 3.8) is 0 Å². The molecule has 0 atom stereocenters. The molecule has 0 saturated carbocycles. The van der Waals surface area contributed by atoms with E-state index in [1.807, 2.05) is 26.0 Å². The number of hydrogen-bond acceptors (Lipinski definition) is 3. The van der Waals surface area contributed by atoms with Crippen LogP contribution in [-0.4, -0.2) is 36.5 Å². The molecule has 0 unspecified atom stereocenters. The fraction of sp³-hybridized carbons (Fsp3) is 0.562. The van der Waals surface area contributed by atoms with Crippen molar-refractivity contribution < 1.29 is 4.79 Å². The molecule has 1 aromatic heterocycles. The highest BCUT2D eigenvalue weighted by atomic mass is 127. The van der Waals surface area contributed by atoms with E-state index in [2.05, 4.69) is 39.8 Å². The number of carbonyl (C=O) groups is 1. The number of aliphatic imine (C=N–C) groups is 1. The predicted molar refractivity (Wildman–Crippen MR) is 106 cm³/mol. The van der Waals surface area contributed by atoms with Gasteiger partial charge in [0.1, 0.15) is 5.82 Å². The molecule has 6 nitrogen and oxygen atoms in total. The number of carbonyl (C=O) groups excluding carboxylic acids is 1. The number of hydrogen-bond donors (Lipinski definition) is 3. The maximum Gasteiger partial charge on any atom is 0.227 e. The first-order valence-electron chi connectivity index (χ1n) is 7.77. The van der Waals surface area contributed by atoms with Crippen LogP contribution in [0.5, 0.6) is 0 Å². The third-order valence-corrected chi connectivity index (χ3v) is 2.76. The first kappa shape index (κ1) is 21.6. The Labute approximate surface area is 156 Å². The van der Waals surface area contributed by atoms with Gasteiger partial charge in [-0.1, -0.05) is 19.9 Å². The molecular weight excluding hydrogens is 405 g/mol. The molecule has 1 rings (SSSR count). The van der Waals surface area contributed by atoms with Crippen molar-refractivity contribution in [3.8, 4) is 0 Å². The number of aromatic nitrogens is 1. The molecule has 0 aliphatic heterocycles. The Hall–Kier alpha value is -1.38. The minimum atomic E-state index is -0.0645. The van der Waals surface area contributed by atoms with Gasteiger partial charge in [-0.3, -0.25) is 9.79 Å². The molecule has 23 heavy (non-hydrogen) atoms. The normalized spacial score (nSPS) is 10.9. The summed E-state index contributed by atoms with van der Waals surface area (Å²) in [5.74, 6) is 1.78. The summed E-state index contributed by atoms with van der Waals surface area (Å²) in [4.78, 5) is 20.6. The molecule has 0 radical (unpaired) electrons. The number of nitrogens with one attached hydrogen (secondary N) is 3. The van der Waals surface area contributed by atoms with E-state index in [-0.39, 0.29) is 29.9 Å². The zero-order valence-electron chi connectivity index (χ0n) is 14.3. The van der Waals surface area contributed by atoms with E-state index in [9.17, 15) is 4.79 Å². The van der Waals surface area contributed by atoms with Crippen LogP contribution in [0.15, 0.2) is 23.2 Å². The quantitative estimate of drug-likeness (QED) is 0.351. The van der Waals surface area contributed by atoms with E-state index in [0.29, 0.717) is 24.7 Å². The number of rotatable bonds is 7. The van der Waals surface area contributed by atoms with Crippen LogP contribution in [0.1, 0.15) is 32.9 Å². The van der Waals surface area contributed by atoms with Gasteiger partial charge in [0.15, 0.2) is 5.96 Å². The lowest BCUT2D eigenvalue weighted by Gasteiger charge is -2.12. The van der Waals surface area contributed by atoms with Gasteiger partial charge in [-0.15, -0.1) is 24.0 Å². The van der Waals surface area contributed by atoms with Gasteiger partial charge in [0.25, 0.3) is 0 Å². The zero-order valence-corrected chi connectivity index (χ0v) is 16.7. The highest BCUT2D eigenvalue weighted by Gasteiger charge is 2.04. The van der Waals surface area contributed by atoms with Gasteiger partial charge in [0.2, 0.25) is 5.91 Å². The number of aryl methyl sites for hydroxylation is 1. The number of guanidine groups is 1. The lowest BCUT2D eigenvalue weighted by atomic mass is 10.2. The minimum absolute atomic E-state index is 0. The van der Waals surface area contributed by atoms with Crippen LogP contribution in [0, 0.1) is 12.8 Å². The minimum Gasteiger partial charge on any atom is -0.357 e. The van der Waals surface area contributed by atoms with Crippen molar-refractivity contribution in [2.45, 2.75) is 34.1 Å². The summed E-state index contributed by atoms with van der Waals surface area (Å²) in [5.41, 5.74) is 0.881. The topological polar surface area (TPSA) is 78.4 Å². The average Bonchev–Trinajstić information content (AvgIpc) is 2.44. The van der Waals surface area contributed by atoms with E-state index >= 15 is 0 Å². The number of anilines is 1. The molecule has 1 aromatic rings. The molecule has 0 aromatic carbocycles. The van der Waals surface area contributed by atoms with Crippen molar-refractivity contribution in [2.75, 3.05) is 25.0 Å². The molecule has 0 spiro atoms. The molecule has 1 amide bonds. The zero-order chi connectivity index (χ0) is 16.4. The second-order valence-electron chi connectivity index (χ2n) is 5.50. The molecule has 130 valence electrons. The molecule has 3 N–H and O–H groups in total. The van der Waals surface area contributed by atoms with E-state index in [0.717, 1.165) is 24.7 Å². The van der Waals surface area contributed by atoms with Crippen LogP contribution in [0.2, 0.25) is 0 Å². The Kier molecular flexibility index (Phi) is 11.4. The second-order valence-corrected chi connectivity index (χ2v) is 5.50. The van der Waals surface area contributed by atoms with Gasteiger partial charge in [-0.05, 0) is 31.9 Å². The SMILES string of the molecule is CCNC(=NCC(C)C)NCCC(=O)Nc1cccc(C)n1.I. The van der Waals surface area contributed by atoms with Crippen LogP contribution in [0.3, 0.4) is 0 Å². The third kappa shape index (κ3) is 10.1. The van der Waals surface area contributed by atoms with Crippen molar-refractivity contribution >= 4 is 41.7 Å². The summed E-state index contributed by atoms with van der Waals surface area (Å²) in [6, 6.07) is 5.55. The second kappa shape index (κ2) is 12.1. The van der Waals surface area contributed by atoms with Crippen LogP contribution in [0.4, 0.5) is 5.82 Å². The summed E-state index contributed by atoms with van der Waals surface area (Å²) in [7, 11) is 0. The summed E-state index contributed by atoms with van der Waals surface area (Å²) < 4.78 is 0. The maximum atomic E-state index is 11.9. The van der Waals surface area contributed by atoms with Crippen LogP contribution < -0.4 is 16.0 Å². The maximum absolute atomic E-state index is 11.9. The van der Waals surface area contributed by atoms with E-state index < -0.39 is 0 Å². The van der Waals surface area contributed by atoms with Gasteiger partial charge >= 0.3 is 0 Å². The monoisotopic (exact) mass is 433 g/mol. The Morgan fingerprint density at radius 2 is 2.04 bits per heavy atom. The summed E-state index contributed by atoms with van der Waals surface area (Å²) >= 11 is 0. The van der Waals surface area contributed by atoms with Crippen LogP contribution >= 0.6 is 24.0 Å². The molecule has 7 heteroatoms. The lowest BCUT2D eigenvalue weighted by molar-refractivity contribution is -0.116. The van der Waals surface area contributed by atoms with Gasteiger partial charge in [0, 0.05) is 31.7 Å². The standard InChI is InChI=1S/C16H27N5O.HI/c1-5-17-16(19-11-12(2)3)18-10-9-15(22)21-14-8-6-7-13(4)20-14;/h6-8,12H,5,9-11H2,1-4H3,(H2,17,18,19)(H,20,21,22);1H. The Morgan fingerprint density at radius 3 is 2.65 bits per heavy atom. The van der Waals surface area contributed by atoms with Crippen molar-refractivity contribution in [2.24, 2.45) is 10.9 Å². The number of halogens is 1.